The lowest BCUT2D eigenvalue weighted by atomic mass is 10.0. The van der Waals surface area contributed by atoms with Gasteiger partial charge in [0.05, 0.1) is 0 Å². The zero-order valence-electron chi connectivity index (χ0n) is 15.4. The summed E-state index contributed by atoms with van der Waals surface area (Å²) >= 11 is -1.10. The fourth-order valence-electron chi connectivity index (χ4n) is 2.68. The molecule has 0 aliphatic rings. The molecule has 0 bridgehead atoms. The van der Waals surface area contributed by atoms with E-state index in [0.717, 1.165) is 22.6 Å². The van der Waals surface area contributed by atoms with Crippen molar-refractivity contribution < 1.29 is 4.55 Å². The minimum absolute atomic E-state index is 0.691. The van der Waals surface area contributed by atoms with Gasteiger partial charge in [-0.25, -0.2) is 0 Å². The van der Waals surface area contributed by atoms with Gasteiger partial charge in [-0.2, -0.15) is 0 Å². The summed E-state index contributed by atoms with van der Waals surface area (Å²) in [5.74, 6) is 1.38. The highest BCUT2D eigenvalue weighted by molar-refractivity contribution is 7.91. The van der Waals surface area contributed by atoms with E-state index < -0.39 is 11.2 Å². The number of hydrogen-bond donors (Lipinski definition) is 0. The molecule has 2 aromatic rings. The summed E-state index contributed by atoms with van der Waals surface area (Å²) in [5, 5.41) is 0. The second-order valence-electron chi connectivity index (χ2n) is 7.43. The SMILES string of the molecule is CC(C)CCc1cccc([S+]([O-])c2cccc(CCC(C)C)c2)c1. The van der Waals surface area contributed by atoms with Gasteiger partial charge in [-0.15, -0.1) is 0 Å². The van der Waals surface area contributed by atoms with E-state index in [1.165, 1.54) is 24.0 Å². The maximum atomic E-state index is 12.9. The van der Waals surface area contributed by atoms with Crippen LogP contribution in [0.5, 0.6) is 0 Å². The Morgan fingerprint density at radius 3 is 1.54 bits per heavy atom. The quantitative estimate of drug-likeness (QED) is 0.537. The van der Waals surface area contributed by atoms with Gasteiger partial charge in [0.25, 0.3) is 0 Å². The first-order valence-electron chi connectivity index (χ1n) is 9.05. The summed E-state index contributed by atoms with van der Waals surface area (Å²) in [6.07, 6.45) is 4.44. The normalized spacial score (nSPS) is 11.7. The van der Waals surface area contributed by atoms with E-state index >= 15 is 0 Å². The van der Waals surface area contributed by atoms with Crippen LogP contribution in [0.25, 0.3) is 0 Å². The zero-order valence-corrected chi connectivity index (χ0v) is 16.2. The summed E-state index contributed by atoms with van der Waals surface area (Å²) in [4.78, 5) is 1.83. The Balaban J connectivity index is 2.11. The summed E-state index contributed by atoms with van der Waals surface area (Å²) in [6, 6.07) is 16.5. The molecule has 0 fully saturated rings. The lowest BCUT2D eigenvalue weighted by Gasteiger charge is -2.13. The van der Waals surface area contributed by atoms with Crippen molar-refractivity contribution in [2.24, 2.45) is 11.8 Å². The summed E-state index contributed by atoms with van der Waals surface area (Å²) in [6.45, 7) is 8.96. The molecule has 130 valence electrons. The molecule has 0 amide bonds. The molecule has 0 atom stereocenters. The lowest BCUT2D eigenvalue weighted by Crippen LogP contribution is -2.04. The van der Waals surface area contributed by atoms with Crippen LogP contribution < -0.4 is 0 Å². The molecule has 0 N–H and O–H groups in total. The lowest BCUT2D eigenvalue weighted by molar-refractivity contribution is 0.583. The topological polar surface area (TPSA) is 23.1 Å². The maximum Gasteiger partial charge on any atom is 0.158 e. The van der Waals surface area contributed by atoms with E-state index in [-0.39, 0.29) is 0 Å². The van der Waals surface area contributed by atoms with Gasteiger partial charge in [0, 0.05) is 11.2 Å². The minimum Gasteiger partial charge on any atom is -0.606 e. The molecule has 0 unspecified atom stereocenters. The van der Waals surface area contributed by atoms with Crippen LogP contribution in [0.15, 0.2) is 58.3 Å². The van der Waals surface area contributed by atoms with Crippen LogP contribution >= 0.6 is 0 Å². The predicted molar refractivity (Wildman–Crippen MR) is 104 cm³/mol. The Kier molecular flexibility index (Phi) is 7.39. The molecule has 0 radical (unpaired) electrons. The second kappa shape index (κ2) is 9.29. The molecular weight excluding hydrogens is 312 g/mol. The Morgan fingerprint density at radius 2 is 1.17 bits per heavy atom. The van der Waals surface area contributed by atoms with Crippen LogP contribution in [0.2, 0.25) is 0 Å². The average molecular weight is 343 g/mol. The fourth-order valence-corrected chi connectivity index (χ4v) is 3.87. The molecule has 24 heavy (non-hydrogen) atoms. The minimum atomic E-state index is -1.10. The first kappa shape index (κ1) is 19.1. The van der Waals surface area contributed by atoms with Crippen molar-refractivity contribution >= 4 is 11.2 Å². The van der Waals surface area contributed by atoms with Gasteiger partial charge in [-0.3, -0.25) is 0 Å². The molecule has 0 spiro atoms. The second-order valence-corrected chi connectivity index (χ2v) is 8.91. The molecule has 0 aliphatic carbocycles. The van der Waals surface area contributed by atoms with E-state index in [2.05, 4.69) is 52.0 Å². The molecular formula is C22H30OS. The number of benzene rings is 2. The molecule has 2 rings (SSSR count). The first-order valence-corrected chi connectivity index (χ1v) is 10.2. The smallest absolute Gasteiger partial charge is 0.158 e. The monoisotopic (exact) mass is 342 g/mol. The van der Waals surface area contributed by atoms with Gasteiger partial charge in [0.15, 0.2) is 9.79 Å². The van der Waals surface area contributed by atoms with Crippen molar-refractivity contribution in [1.82, 2.24) is 0 Å². The van der Waals surface area contributed by atoms with E-state index in [0.29, 0.717) is 11.8 Å². The highest BCUT2D eigenvalue weighted by Gasteiger charge is 2.16. The molecule has 0 saturated carbocycles. The molecule has 0 saturated heterocycles. The van der Waals surface area contributed by atoms with Crippen molar-refractivity contribution in [3.8, 4) is 0 Å². The molecule has 2 aromatic carbocycles. The van der Waals surface area contributed by atoms with Crippen LogP contribution in [-0.4, -0.2) is 4.55 Å². The van der Waals surface area contributed by atoms with Crippen molar-refractivity contribution in [2.45, 2.75) is 63.2 Å². The van der Waals surface area contributed by atoms with E-state index in [1.54, 1.807) is 0 Å². The summed E-state index contributed by atoms with van der Waals surface area (Å²) < 4.78 is 12.9. The van der Waals surface area contributed by atoms with Crippen molar-refractivity contribution in [3.63, 3.8) is 0 Å². The van der Waals surface area contributed by atoms with E-state index in [9.17, 15) is 4.55 Å². The average Bonchev–Trinajstić information content (AvgIpc) is 2.58. The summed E-state index contributed by atoms with van der Waals surface area (Å²) in [5.41, 5.74) is 2.57. The van der Waals surface area contributed by atoms with Crippen molar-refractivity contribution in [3.05, 3.63) is 59.7 Å². The highest BCUT2D eigenvalue weighted by Crippen LogP contribution is 2.24. The van der Waals surface area contributed by atoms with Crippen LogP contribution in [0, 0.1) is 11.8 Å². The molecule has 0 aromatic heterocycles. The zero-order chi connectivity index (χ0) is 17.5. The van der Waals surface area contributed by atoms with E-state index in [1.807, 2.05) is 24.3 Å². The Labute approximate surface area is 150 Å². The third kappa shape index (κ3) is 5.99. The maximum absolute atomic E-state index is 12.9. The van der Waals surface area contributed by atoms with Gasteiger partial charge >= 0.3 is 0 Å². The number of hydrogen-bond acceptors (Lipinski definition) is 1. The Bertz CT molecular complexity index is 578. The molecule has 0 aliphatic heterocycles. The van der Waals surface area contributed by atoms with Gasteiger partial charge < -0.3 is 4.55 Å². The van der Waals surface area contributed by atoms with Crippen LogP contribution in [0.4, 0.5) is 0 Å². The third-order valence-corrected chi connectivity index (χ3v) is 5.61. The molecule has 2 heteroatoms. The van der Waals surface area contributed by atoms with Gasteiger partial charge in [0.2, 0.25) is 0 Å². The van der Waals surface area contributed by atoms with Crippen molar-refractivity contribution in [2.75, 3.05) is 0 Å². The van der Waals surface area contributed by atoms with Gasteiger partial charge in [0.1, 0.15) is 0 Å². The fraction of sp³-hybridized carbons (Fsp3) is 0.455. The van der Waals surface area contributed by atoms with Crippen LogP contribution in [0.1, 0.15) is 51.7 Å². The Morgan fingerprint density at radius 1 is 0.750 bits per heavy atom. The molecule has 1 nitrogen and oxygen atoms in total. The van der Waals surface area contributed by atoms with Gasteiger partial charge in [-0.05, 0) is 72.9 Å². The number of rotatable bonds is 8. The van der Waals surface area contributed by atoms with Crippen molar-refractivity contribution in [1.29, 1.82) is 0 Å². The third-order valence-electron chi connectivity index (χ3n) is 4.25. The highest BCUT2D eigenvalue weighted by atomic mass is 32.2. The summed E-state index contributed by atoms with van der Waals surface area (Å²) in [7, 11) is 0. The van der Waals surface area contributed by atoms with Crippen LogP contribution in [0.3, 0.4) is 0 Å². The predicted octanol–water partition coefficient (Wildman–Crippen LogP) is 6.03. The first-order chi connectivity index (χ1) is 11.5. The van der Waals surface area contributed by atoms with Gasteiger partial charge in [-0.1, -0.05) is 52.0 Å². The standard InChI is InChI=1S/C22H30OS/c1-17(2)11-13-19-7-5-9-21(15-19)24(23)22-10-6-8-20(16-22)14-12-18(3)4/h5-10,15-18H,11-14H2,1-4H3. The number of aryl methyl sites for hydroxylation is 2. The molecule has 0 heterocycles. The van der Waals surface area contributed by atoms with Crippen LogP contribution in [-0.2, 0) is 24.0 Å². The largest absolute Gasteiger partial charge is 0.606 e. The van der Waals surface area contributed by atoms with E-state index in [4.69, 9.17) is 0 Å². The Hall–Kier alpha value is -1.25.